The van der Waals surface area contributed by atoms with Crippen molar-refractivity contribution in [3.63, 3.8) is 0 Å². The van der Waals surface area contributed by atoms with Crippen LogP contribution in [0.1, 0.15) is 25.0 Å². The number of nitrogens with zero attached hydrogens (tertiary/aromatic N) is 2. The fourth-order valence-corrected chi connectivity index (χ4v) is 4.19. The van der Waals surface area contributed by atoms with Crippen LogP contribution in [0.4, 0.5) is 18.0 Å². The van der Waals surface area contributed by atoms with Crippen LogP contribution in [0.2, 0.25) is 5.02 Å². The Hall–Kier alpha value is -2.59. The van der Waals surface area contributed by atoms with Crippen LogP contribution in [-0.4, -0.2) is 31.7 Å². The van der Waals surface area contributed by atoms with E-state index in [2.05, 4.69) is 5.10 Å². The Bertz CT molecular complexity index is 1100. The molecule has 2 aromatic carbocycles. The van der Waals surface area contributed by atoms with Gasteiger partial charge in [0.15, 0.2) is 0 Å². The molecule has 3 rings (SSSR count). The average Bonchev–Trinajstić information content (AvgIpc) is 3.14. The number of sulfonamides is 1. The third-order valence-electron chi connectivity index (χ3n) is 4.84. The lowest BCUT2D eigenvalue weighted by Gasteiger charge is -2.18. The van der Waals surface area contributed by atoms with Gasteiger partial charge < -0.3 is 0 Å². The van der Waals surface area contributed by atoms with Gasteiger partial charge in [-0.05, 0) is 47.9 Å². The van der Waals surface area contributed by atoms with Gasteiger partial charge in [-0.3, -0.25) is 0 Å². The number of carbonyl (C=O) groups is 1. The summed E-state index contributed by atoms with van der Waals surface area (Å²) in [6.45, 7) is 4.07. The van der Waals surface area contributed by atoms with Crippen molar-refractivity contribution in [2.75, 3.05) is 6.54 Å². The van der Waals surface area contributed by atoms with E-state index in [-0.39, 0.29) is 18.4 Å². The molecule has 1 aliphatic heterocycles. The smallest absolute Gasteiger partial charge is 0.246 e. The van der Waals surface area contributed by atoms with Gasteiger partial charge in [-0.1, -0.05) is 37.6 Å². The summed E-state index contributed by atoms with van der Waals surface area (Å²) in [6, 6.07) is 8.77. The van der Waals surface area contributed by atoms with E-state index in [0.717, 1.165) is 22.7 Å². The molecule has 0 saturated carbocycles. The predicted molar refractivity (Wildman–Crippen MR) is 110 cm³/mol. The lowest BCUT2D eigenvalue weighted by molar-refractivity contribution is -0.137. The molecule has 0 aliphatic carbocycles. The van der Waals surface area contributed by atoms with E-state index in [0.29, 0.717) is 22.9 Å². The molecule has 11 heteroatoms. The first-order valence-electron chi connectivity index (χ1n) is 9.24. The zero-order chi connectivity index (χ0) is 23.0. The highest BCUT2D eigenvalue weighted by Gasteiger charge is 2.35. The number of carbonyl (C=O) groups excluding carboxylic acids is 1. The zero-order valence-corrected chi connectivity index (χ0v) is 18.1. The van der Waals surface area contributed by atoms with Gasteiger partial charge in [0.05, 0.1) is 22.7 Å². The van der Waals surface area contributed by atoms with Crippen LogP contribution < -0.4 is 4.72 Å². The van der Waals surface area contributed by atoms with Gasteiger partial charge in [0.2, 0.25) is 0 Å². The standard InChI is InChI=1S/C20H19ClF3N3O3S/c1-12(2)17-11-27(25-18(17)13-3-7-15(21)8-4-13)19(28)26-31(29,30)16-9-5-14(6-10-16)20(22,23)24/h3-10,12,17H,11H2,1-2H3,(H,26,28). The fourth-order valence-electron chi connectivity index (χ4n) is 3.11. The zero-order valence-electron chi connectivity index (χ0n) is 16.5. The normalized spacial score (nSPS) is 17.1. The number of alkyl halides is 3. The minimum atomic E-state index is -4.60. The quantitative estimate of drug-likeness (QED) is 0.696. The molecule has 2 amide bonds. The Balaban J connectivity index is 1.81. The van der Waals surface area contributed by atoms with Gasteiger partial charge in [0.1, 0.15) is 0 Å². The maximum absolute atomic E-state index is 12.7. The van der Waals surface area contributed by atoms with Gasteiger partial charge >= 0.3 is 12.2 Å². The van der Waals surface area contributed by atoms with Crippen molar-refractivity contribution in [2.24, 2.45) is 16.9 Å². The number of urea groups is 1. The Kier molecular flexibility index (Phi) is 6.33. The minimum Gasteiger partial charge on any atom is -0.246 e. The highest BCUT2D eigenvalue weighted by molar-refractivity contribution is 7.90. The van der Waals surface area contributed by atoms with Crippen molar-refractivity contribution < 1.29 is 26.4 Å². The van der Waals surface area contributed by atoms with Crippen LogP contribution in [0.25, 0.3) is 0 Å². The molecule has 0 spiro atoms. The molecule has 1 atom stereocenters. The summed E-state index contributed by atoms with van der Waals surface area (Å²) >= 11 is 5.92. The summed E-state index contributed by atoms with van der Waals surface area (Å²) in [6.07, 6.45) is -4.60. The van der Waals surface area contributed by atoms with Crippen molar-refractivity contribution in [1.82, 2.24) is 9.73 Å². The Morgan fingerprint density at radius 2 is 1.71 bits per heavy atom. The van der Waals surface area contributed by atoms with Gasteiger partial charge in [0, 0.05) is 10.9 Å². The Morgan fingerprint density at radius 3 is 2.23 bits per heavy atom. The first-order chi connectivity index (χ1) is 14.4. The number of nitrogens with one attached hydrogen (secondary N) is 1. The van der Waals surface area contributed by atoms with E-state index in [1.807, 2.05) is 18.6 Å². The molecule has 0 bridgehead atoms. The lowest BCUT2D eigenvalue weighted by atomic mass is 9.88. The molecule has 0 fully saturated rings. The molecule has 6 nitrogen and oxygen atoms in total. The first-order valence-corrected chi connectivity index (χ1v) is 11.1. The van der Waals surface area contributed by atoms with Crippen LogP contribution in [-0.2, 0) is 16.2 Å². The van der Waals surface area contributed by atoms with E-state index in [1.54, 1.807) is 24.3 Å². The second-order valence-electron chi connectivity index (χ2n) is 7.36. The number of hydrazone groups is 1. The van der Waals surface area contributed by atoms with Crippen molar-refractivity contribution in [2.45, 2.75) is 24.9 Å². The van der Waals surface area contributed by atoms with Crippen LogP contribution in [0.3, 0.4) is 0 Å². The summed E-state index contributed by atoms with van der Waals surface area (Å²) in [7, 11) is -4.38. The summed E-state index contributed by atoms with van der Waals surface area (Å²) in [5, 5.41) is 5.85. The number of rotatable bonds is 4. The third-order valence-corrected chi connectivity index (χ3v) is 6.43. The average molecular weight is 474 g/mol. The molecule has 0 radical (unpaired) electrons. The molecule has 0 saturated heterocycles. The maximum atomic E-state index is 12.7. The number of halogens is 4. The topological polar surface area (TPSA) is 78.8 Å². The van der Waals surface area contributed by atoms with E-state index < -0.39 is 32.7 Å². The van der Waals surface area contributed by atoms with Gasteiger partial charge in [-0.2, -0.15) is 18.3 Å². The summed E-state index contributed by atoms with van der Waals surface area (Å²) in [4.78, 5) is 12.1. The first kappa shape index (κ1) is 23.1. The third kappa shape index (κ3) is 5.19. The highest BCUT2D eigenvalue weighted by Crippen LogP contribution is 2.30. The molecular formula is C20H19ClF3N3O3S. The van der Waals surface area contributed by atoms with Crippen LogP contribution >= 0.6 is 11.6 Å². The van der Waals surface area contributed by atoms with Crippen LogP contribution in [0.5, 0.6) is 0 Å². The Morgan fingerprint density at radius 1 is 1.13 bits per heavy atom. The minimum absolute atomic E-state index is 0.110. The van der Waals surface area contributed by atoms with Crippen LogP contribution in [0, 0.1) is 11.8 Å². The predicted octanol–water partition coefficient (Wildman–Crippen LogP) is 4.75. The second kappa shape index (κ2) is 8.51. The molecule has 2 aromatic rings. The summed E-state index contributed by atoms with van der Waals surface area (Å²) < 4.78 is 64.8. The van der Waals surface area contributed by atoms with Gasteiger partial charge in [-0.25, -0.2) is 22.9 Å². The van der Waals surface area contributed by atoms with E-state index in [1.165, 1.54) is 0 Å². The van der Waals surface area contributed by atoms with E-state index in [9.17, 15) is 26.4 Å². The lowest BCUT2D eigenvalue weighted by Crippen LogP contribution is -2.40. The second-order valence-corrected chi connectivity index (χ2v) is 9.48. The van der Waals surface area contributed by atoms with Gasteiger partial charge in [0.25, 0.3) is 10.0 Å². The molecule has 166 valence electrons. The maximum Gasteiger partial charge on any atom is 0.416 e. The molecule has 31 heavy (non-hydrogen) atoms. The van der Waals surface area contributed by atoms with Crippen molar-refractivity contribution in [3.8, 4) is 0 Å². The summed E-state index contributed by atoms with van der Waals surface area (Å²) in [5.74, 6) is -0.0283. The van der Waals surface area contributed by atoms with Crippen molar-refractivity contribution in [3.05, 3.63) is 64.7 Å². The number of amides is 2. The van der Waals surface area contributed by atoms with E-state index in [4.69, 9.17) is 11.6 Å². The van der Waals surface area contributed by atoms with Gasteiger partial charge in [-0.15, -0.1) is 0 Å². The summed E-state index contributed by atoms with van der Waals surface area (Å²) in [5.41, 5.74) is 0.382. The number of hydrogen-bond acceptors (Lipinski definition) is 4. The Labute approximate surface area is 182 Å². The van der Waals surface area contributed by atoms with Crippen molar-refractivity contribution >= 4 is 33.4 Å². The number of benzene rings is 2. The molecular weight excluding hydrogens is 455 g/mol. The fraction of sp³-hybridized carbons (Fsp3) is 0.300. The molecule has 1 aliphatic rings. The largest absolute Gasteiger partial charge is 0.416 e. The number of hydrogen-bond donors (Lipinski definition) is 1. The van der Waals surface area contributed by atoms with Crippen LogP contribution in [0.15, 0.2) is 58.5 Å². The molecule has 1 N–H and O–H groups in total. The highest BCUT2D eigenvalue weighted by atomic mass is 35.5. The monoisotopic (exact) mass is 473 g/mol. The molecule has 0 aromatic heterocycles. The van der Waals surface area contributed by atoms with Crippen molar-refractivity contribution in [1.29, 1.82) is 0 Å². The molecule has 1 heterocycles. The SMILES string of the molecule is CC(C)C1CN(C(=O)NS(=O)(=O)c2ccc(C(F)(F)F)cc2)N=C1c1ccc(Cl)cc1. The van der Waals surface area contributed by atoms with E-state index >= 15 is 0 Å². The molecule has 1 unspecified atom stereocenters.